The lowest BCUT2D eigenvalue weighted by molar-refractivity contribution is -0.134. The van der Waals surface area contributed by atoms with Crippen molar-refractivity contribution in [3.05, 3.63) is 12.2 Å². The first-order valence-electron chi connectivity index (χ1n) is 8.98. The zero-order valence-corrected chi connectivity index (χ0v) is 14.2. The van der Waals surface area contributed by atoms with Crippen LogP contribution in [0.1, 0.15) is 39.5 Å². The van der Waals surface area contributed by atoms with Crippen LogP contribution in [0.3, 0.4) is 0 Å². The minimum Gasteiger partial charge on any atom is -0.353 e. The third-order valence-corrected chi connectivity index (χ3v) is 5.93. The Hall–Kier alpha value is -1.36. The largest absolute Gasteiger partial charge is 0.353 e. The maximum Gasteiger partial charge on any atom is 0.239 e. The van der Waals surface area contributed by atoms with Crippen LogP contribution < -0.4 is 11.1 Å². The van der Waals surface area contributed by atoms with Gasteiger partial charge in [0.15, 0.2) is 0 Å². The number of likely N-dealkylation sites (tertiary alicyclic amines) is 1. The van der Waals surface area contributed by atoms with Crippen molar-refractivity contribution in [2.45, 2.75) is 51.6 Å². The SMILES string of the molecule is CC(N)C(=O)N1CCC(C(C)NC(=O)C2C[C@@H]3C=C[C@H]2C3)CC1. The Morgan fingerprint density at radius 2 is 1.87 bits per heavy atom. The lowest BCUT2D eigenvalue weighted by Gasteiger charge is -2.36. The third kappa shape index (κ3) is 3.44. The molecule has 2 aliphatic carbocycles. The third-order valence-electron chi connectivity index (χ3n) is 5.93. The molecule has 2 bridgehead atoms. The number of hydrogen-bond acceptors (Lipinski definition) is 3. The molecule has 0 spiro atoms. The van der Waals surface area contributed by atoms with E-state index in [0.29, 0.717) is 17.8 Å². The van der Waals surface area contributed by atoms with Gasteiger partial charge in [-0.05, 0) is 57.3 Å². The van der Waals surface area contributed by atoms with E-state index in [4.69, 9.17) is 5.73 Å². The van der Waals surface area contributed by atoms with Gasteiger partial charge in [0, 0.05) is 25.0 Å². The number of nitrogens with two attached hydrogens (primary N) is 1. The molecule has 3 unspecified atom stereocenters. The Morgan fingerprint density at radius 1 is 1.17 bits per heavy atom. The number of carbonyl (C=O) groups excluding carboxylic acids is 2. The zero-order valence-electron chi connectivity index (χ0n) is 14.2. The van der Waals surface area contributed by atoms with Gasteiger partial charge in [-0.3, -0.25) is 9.59 Å². The molecule has 1 heterocycles. The van der Waals surface area contributed by atoms with Crippen LogP contribution in [0.25, 0.3) is 0 Å². The van der Waals surface area contributed by atoms with E-state index in [-0.39, 0.29) is 23.8 Å². The standard InChI is InChI=1S/C18H29N3O2/c1-11(19)18(23)21-7-5-14(6-8-21)12(2)20-17(22)16-10-13-3-4-15(16)9-13/h3-4,11-16H,5-10,19H2,1-2H3,(H,20,22)/t11?,12?,13-,15+,16?/m1/s1. The smallest absolute Gasteiger partial charge is 0.239 e. The van der Waals surface area contributed by atoms with Crippen molar-refractivity contribution < 1.29 is 9.59 Å². The van der Waals surface area contributed by atoms with Crippen LogP contribution in [0, 0.1) is 23.7 Å². The number of fused-ring (bicyclic) bond motifs is 2. The molecule has 3 N–H and O–H groups in total. The Kier molecular flexibility index (Phi) is 4.76. The van der Waals surface area contributed by atoms with Crippen LogP contribution in [-0.2, 0) is 9.59 Å². The molecule has 0 aromatic carbocycles. The van der Waals surface area contributed by atoms with Crippen molar-refractivity contribution in [2.24, 2.45) is 29.4 Å². The van der Waals surface area contributed by atoms with E-state index < -0.39 is 6.04 Å². The maximum atomic E-state index is 12.5. The fourth-order valence-corrected chi connectivity index (χ4v) is 4.44. The molecule has 128 valence electrons. The van der Waals surface area contributed by atoms with Crippen LogP contribution in [0.4, 0.5) is 0 Å². The molecule has 1 saturated carbocycles. The molecule has 0 radical (unpaired) electrons. The molecule has 0 aromatic rings. The Labute approximate surface area is 138 Å². The number of carbonyl (C=O) groups is 2. The van der Waals surface area contributed by atoms with E-state index in [0.717, 1.165) is 38.8 Å². The van der Waals surface area contributed by atoms with Crippen molar-refractivity contribution in [2.75, 3.05) is 13.1 Å². The summed E-state index contributed by atoms with van der Waals surface area (Å²) in [5.41, 5.74) is 5.67. The fraction of sp³-hybridized carbons (Fsp3) is 0.778. The van der Waals surface area contributed by atoms with Crippen LogP contribution >= 0.6 is 0 Å². The summed E-state index contributed by atoms with van der Waals surface area (Å²) in [7, 11) is 0. The highest BCUT2D eigenvalue weighted by atomic mass is 16.2. The number of hydrogen-bond donors (Lipinski definition) is 2. The lowest BCUT2D eigenvalue weighted by atomic mass is 9.88. The summed E-state index contributed by atoms with van der Waals surface area (Å²) in [6.45, 7) is 5.35. The van der Waals surface area contributed by atoms with Crippen molar-refractivity contribution in [1.82, 2.24) is 10.2 Å². The molecule has 2 amide bonds. The van der Waals surface area contributed by atoms with Gasteiger partial charge in [-0.2, -0.15) is 0 Å². The topological polar surface area (TPSA) is 75.4 Å². The quantitative estimate of drug-likeness (QED) is 0.767. The van der Waals surface area contributed by atoms with Gasteiger partial charge in [0.05, 0.1) is 6.04 Å². The Balaban J connectivity index is 1.46. The highest BCUT2D eigenvalue weighted by molar-refractivity contribution is 5.81. The number of amides is 2. The average Bonchev–Trinajstić information content (AvgIpc) is 3.17. The molecule has 5 atom stereocenters. The molecule has 5 nitrogen and oxygen atoms in total. The highest BCUT2D eigenvalue weighted by Crippen LogP contribution is 2.43. The number of allylic oxidation sites excluding steroid dienone is 2. The first-order valence-corrected chi connectivity index (χ1v) is 8.98. The first kappa shape index (κ1) is 16.5. The number of nitrogens with one attached hydrogen (secondary N) is 1. The normalized spacial score (nSPS) is 32.8. The summed E-state index contributed by atoms with van der Waals surface area (Å²) < 4.78 is 0. The summed E-state index contributed by atoms with van der Waals surface area (Å²) in [6, 6.07) is -0.243. The minimum atomic E-state index is -0.422. The monoisotopic (exact) mass is 319 g/mol. The van der Waals surface area contributed by atoms with Crippen LogP contribution in [0.15, 0.2) is 12.2 Å². The molecular weight excluding hydrogens is 290 g/mol. The molecule has 23 heavy (non-hydrogen) atoms. The van der Waals surface area contributed by atoms with Gasteiger partial charge in [-0.15, -0.1) is 0 Å². The molecule has 0 aromatic heterocycles. The van der Waals surface area contributed by atoms with E-state index in [2.05, 4.69) is 24.4 Å². The maximum absolute atomic E-state index is 12.5. The second-order valence-corrected chi connectivity index (χ2v) is 7.64. The van der Waals surface area contributed by atoms with Crippen molar-refractivity contribution in [3.63, 3.8) is 0 Å². The number of nitrogens with zero attached hydrogens (tertiary/aromatic N) is 1. The van der Waals surface area contributed by atoms with E-state index in [9.17, 15) is 9.59 Å². The Morgan fingerprint density at radius 3 is 2.39 bits per heavy atom. The van der Waals surface area contributed by atoms with E-state index in [1.165, 1.54) is 0 Å². The van der Waals surface area contributed by atoms with E-state index in [1.807, 2.05) is 4.90 Å². The van der Waals surface area contributed by atoms with Crippen molar-refractivity contribution >= 4 is 11.8 Å². The van der Waals surface area contributed by atoms with Gasteiger partial charge in [0.1, 0.15) is 0 Å². The molecule has 1 saturated heterocycles. The van der Waals surface area contributed by atoms with E-state index >= 15 is 0 Å². The predicted molar refractivity (Wildman–Crippen MR) is 89.4 cm³/mol. The van der Waals surface area contributed by atoms with Crippen molar-refractivity contribution in [1.29, 1.82) is 0 Å². The predicted octanol–water partition coefficient (Wildman–Crippen LogP) is 1.29. The van der Waals surface area contributed by atoms with Gasteiger partial charge in [-0.25, -0.2) is 0 Å². The molecule has 2 fully saturated rings. The summed E-state index contributed by atoms with van der Waals surface area (Å²) in [6.07, 6.45) is 8.54. The highest BCUT2D eigenvalue weighted by Gasteiger charge is 2.40. The average molecular weight is 319 g/mol. The van der Waals surface area contributed by atoms with Gasteiger partial charge >= 0.3 is 0 Å². The Bertz CT molecular complexity index is 494. The summed E-state index contributed by atoms with van der Waals surface area (Å²) in [5.74, 6) is 1.96. The first-order chi connectivity index (χ1) is 11.0. The van der Waals surface area contributed by atoms with Crippen LogP contribution in [0.2, 0.25) is 0 Å². The van der Waals surface area contributed by atoms with Crippen molar-refractivity contribution in [3.8, 4) is 0 Å². The zero-order chi connectivity index (χ0) is 16.6. The molecular formula is C18H29N3O2. The van der Waals surface area contributed by atoms with Gasteiger partial charge < -0.3 is 16.0 Å². The fourth-order valence-electron chi connectivity index (χ4n) is 4.44. The molecule has 3 aliphatic rings. The summed E-state index contributed by atoms with van der Waals surface area (Å²) >= 11 is 0. The van der Waals surface area contributed by atoms with E-state index in [1.54, 1.807) is 6.92 Å². The van der Waals surface area contributed by atoms with Gasteiger partial charge in [-0.1, -0.05) is 12.2 Å². The molecule has 1 aliphatic heterocycles. The minimum absolute atomic E-state index is 0.0360. The number of rotatable bonds is 4. The molecule has 3 rings (SSSR count). The number of piperidine rings is 1. The summed E-state index contributed by atoms with van der Waals surface area (Å²) in [5, 5.41) is 3.24. The lowest BCUT2D eigenvalue weighted by Crippen LogP contribution is -2.49. The second-order valence-electron chi connectivity index (χ2n) is 7.64. The second kappa shape index (κ2) is 6.63. The van der Waals surface area contributed by atoms with Gasteiger partial charge in [0.25, 0.3) is 0 Å². The van der Waals surface area contributed by atoms with Gasteiger partial charge in [0.2, 0.25) is 11.8 Å². The molecule has 5 heteroatoms. The van der Waals surface area contributed by atoms with Crippen LogP contribution in [0.5, 0.6) is 0 Å². The van der Waals surface area contributed by atoms with Crippen LogP contribution in [-0.4, -0.2) is 41.9 Å². The summed E-state index contributed by atoms with van der Waals surface area (Å²) in [4.78, 5) is 26.3.